The zero-order chi connectivity index (χ0) is 19.2. The van der Waals surface area contributed by atoms with Gasteiger partial charge in [0, 0.05) is 29.2 Å². The highest BCUT2D eigenvalue weighted by atomic mass is 35.5. The number of thiazole rings is 1. The van der Waals surface area contributed by atoms with Crippen molar-refractivity contribution in [2.24, 2.45) is 7.05 Å². The lowest BCUT2D eigenvalue weighted by Gasteiger charge is -2.22. The first-order valence-corrected chi connectivity index (χ1v) is 9.46. The molecular weight excluding hydrogens is 386 g/mol. The van der Waals surface area contributed by atoms with Crippen LogP contribution in [0.25, 0.3) is 10.6 Å². The zero-order valence-corrected chi connectivity index (χ0v) is 16.2. The fourth-order valence-electron chi connectivity index (χ4n) is 3.03. The molecule has 0 radical (unpaired) electrons. The van der Waals surface area contributed by atoms with Crippen molar-refractivity contribution in [3.05, 3.63) is 58.3 Å². The van der Waals surface area contributed by atoms with Gasteiger partial charge in [-0.25, -0.2) is 9.78 Å². The molecule has 7 nitrogen and oxygen atoms in total. The Morgan fingerprint density at radius 3 is 2.67 bits per heavy atom. The number of urea groups is 1. The van der Waals surface area contributed by atoms with Crippen LogP contribution in [0, 0.1) is 0 Å². The summed E-state index contributed by atoms with van der Waals surface area (Å²) >= 11 is 7.37. The molecule has 4 rings (SSSR count). The van der Waals surface area contributed by atoms with E-state index in [1.165, 1.54) is 16.2 Å². The monoisotopic (exact) mass is 401 g/mol. The SMILES string of the molecule is Cn1cc(-c2nc(CN3C(=O)NC(C)(c4ccc(Cl)cc4)C3=O)cs2)cn1. The minimum absolute atomic E-state index is 0.116. The van der Waals surface area contributed by atoms with E-state index in [4.69, 9.17) is 11.6 Å². The number of hydrogen-bond acceptors (Lipinski definition) is 5. The summed E-state index contributed by atoms with van der Waals surface area (Å²) in [4.78, 5) is 31.2. The highest BCUT2D eigenvalue weighted by Crippen LogP contribution is 2.31. The molecule has 3 aromatic rings. The van der Waals surface area contributed by atoms with Crippen LogP contribution in [0.15, 0.2) is 42.0 Å². The van der Waals surface area contributed by atoms with Gasteiger partial charge in [0.1, 0.15) is 10.5 Å². The van der Waals surface area contributed by atoms with Gasteiger partial charge in [0.25, 0.3) is 5.91 Å². The van der Waals surface area contributed by atoms with Gasteiger partial charge < -0.3 is 5.32 Å². The van der Waals surface area contributed by atoms with Crippen LogP contribution >= 0.6 is 22.9 Å². The molecule has 3 amide bonds. The van der Waals surface area contributed by atoms with Gasteiger partial charge in [0.2, 0.25) is 0 Å². The van der Waals surface area contributed by atoms with Gasteiger partial charge in [0.05, 0.1) is 18.4 Å². The predicted octanol–water partition coefficient (Wildman–Crippen LogP) is 3.16. The maximum Gasteiger partial charge on any atom is 0.325 e. The Hall–Kier alpha value is -2.71. The molecule has 0 saturated carbocycles. The van der Waals surface area contributed by atoms with Gasteiger partial charge in [-0.2, -0.15) is 5.10 Å². The van der Waals surface area contributed by atoms with Gasteiger partial charge in [0.15, 0.2) is 0 Å². The average Bonchev–Trinajstić information content (AvgIpc) is 3.32. The number of aromatic nitrogens is 3. The van der Waals surface area contributed by atoms with E-state index >= 15 is 0 Å². The summed E-state index contributed by atoms with van der Waals surface area (Å²) in [5.74, 6) is -0.314. The molecule has 3 heterocycles. The predicted molar refractivity (Wildman–Crippen MR) is 102 cm³/mol. The summed E-state index contributed by atoms with van der Waals surface area (Å²) < 4.78 is 1.70. The van der Waals surface area contributed by atoms with Crippen LogP contribution in [-0.4, -0.2) is 31.6 Å². The largest absolute Gasteiger partial charge is 0.325 e. The molecule has 1 atom stereocenters. The number of hydrogen-bond donors (Lipinski definition) is 1. The Morgan fingerprint density at radius 2 is 2.00 bits per heavy atom. The molecule has 0 aliphatic carbocycles. The molecule has 1 aromatic carbocycles. The lowest BCUT2D eigenvalue weighted by atomic mass is 9.92. The second kappa shape index (κ2) is 6.47. The number of carbonyl (C=O) groups excluding carboxylic acids is 2. The minimum atomic E-state index is -1.12. The first-order valence-electron chi connectivity index (χ1n) is 8.20. The number of rotatable bonds is 4. The second-order valence-corrected chi connectivity index (χ2v) is 7.79. The molecule has 1 N–H and O–H groups in total. The Bertz CT molecular complexity index is 1030. The average molecular weight is 402 g/mol. The van der Waals surface area contributed by atoms with E-state index in [9.17, 15) is 9.59 Å². The van der Waals surface area contributed by atoms with Gasteiger partial charge in [-0.3, -0.25) is 14.4 Å². The lowest BCUT2D eigenvalue weighted by molar-refractivity contribution is -0.131. The molecule has 0 spiro atoms. The van der Waals surface area contributed by atoms with Crippen molar-refractivity contribution in [3.8, 4) is 10.6 Å². The zero-order valence-electron chi connectivity index (χ0n) is 14.6. The van der Waals surface area contributed by atoms with E-state index in [-0.39, 0.29) is 12.5 Å². The summed E-state index contributed by atoms with van der Waals surface area (Å²) in [6, 6.07) is 6.45. The molecule has 1 saturated heterocycles. The highest BCUT2D eigenvalue weighted by Gasteiger charge is 2.49. The number of nitrogens with one attached hydrogen (secondary N) is 1. The van der Waals surface area contributed by atoms with E-state index < -0.39 is 11.6 Å². The second-order valence-electron chi connectivity index (χ2n) is 6.50. The highest BCUT2D eigenvalue weighted by molar-refractivity contribution is 7.13. The third-order valence-electron chi connectivity index (χ3n) is 4.52. The molecular formula is C18H16ClN5O2S. The van der Waals surface area contributed by atoms with Crippen molar-refractivity contribution >= 4 is 34.9 Å². The summed E-state index contributed by atoms with van der Waals surface area (Å²) in [7, 11) is 1.84. The summed E-state index contributed by atoms with van der Waals surface area (Å²) in [6.45, 7) is 1.81. The van der Waals surface area contributed by atoms with Crippen molar-refractivity contribution in [3.63, 3.8) is 0 Å². The van der Waals surface area contributed by atoms with Crippen LogP contribution in [0.4, 0.5) is 4.79 Å². The lowest BCUT2D eigenvalue weighted by Crippen LogP contribution is -2.40. The fraction of sp³-hybridized carbons (Fsp3) is 0.222. The number of carbonyl (C=O) groups is 2. The Balaban J connectivity index is 1.56. The number of imide groups is 1. The molecule has 9 heteroatoms. The number of nitrogens with zero attached hydrogens (tertiary/aromatic N) is 4. The summed E-state index contributed by atoms with van der Waals surface area (Å²) in [5, 5.41) is 10.1. The standard InChI is InChI=1S/C18H16ClN5O2S/c1-18(12-3-5-13(19)6-4-12)16(25)24(17(26)22-18)9-14-10-27-15(21-14)11-7-20-23(2)8-11/h3-8,10H,9H2,1-2H3,(H,22,26). The first-order chi connectivity index (χ1) is 12.9. The molecule has 27 heavy (non-hydrogen) atoms. The van der Waals surface area contributed by atoms with Crippen molar-refractivity contribution in [1.82, 2.24) is 25.0 Å². The van der Waals surface area contributed by atoms with Crippen LogP contribution in [0.3, 0.4) is 0 Å². The van der Waals surface area contributed by atoms with Gasteiger partial charge in [-0.1, -0.05) is 23.7 Å². The van der Waals surface area contributed by atoms with Crippen LogP contribution in [0.5, 0.6) is 0 Å². The molecule has 1 fully saturated rings. The van der Waals surface area contributed by atoms with E-state index in [2.05, 4.69) is 15.4 Å². The third-order valence-corrected chi connectivity index (χ3v) is 5.71. The maximum atomic E-state index is 13.0. The minimum Gasteiger partial charge on any atom is -0.319 e. The van der Waals surface area contributed by atoms with Gasteiger partial charge >= 0.3 is 6.03 Å². The van der Waals surface area contributed by atoms with Crippen molar-refractivity contribution in [2.45, 2.75) is 19.0 Å². The van der Waals surface area contributed by atoms with Crippen LogP contribution in [0.1, 0.15) is 18.2 Å². The maximum absolute atomic E-state index is 13.0. The van der Waals surface area contributed by atoms with E-state index in [1.54, 1.807) is 42.1 Å². The summed E-state index contributed by atoms with van der Waals surface area (Å²) in [6.07, 6.45) is 3.60. The quantitative estimate of drug-likeness (QED) is 0.681. The van der Waals surface area contributed by atoms with Crippen LogP contribution in [-0.2, 0) is 23.9 Å². The molecule has 138 valence electrons. The Labute approximate surface area is 164 Å². The van der Waals surface area contributed by atoms with Gasteiger partial charge in [-0.05, 0) is 24.6 Å². The molecule has 1 aliphatic rings. The molecule has 2 aromatic heterocycles. The van der Waals surface area contributed by atoms with Crippen molar-refractivity contribution in [1.29, 1.82) is 0 Å². The molecule has 1 unspecified atom stereocenters. The van der Waals surface area contributed by atoms with Crippen molar-refractivity contribution in [2.75, 3.05) is 0 Å². The fourth-order valence-corrected chi connectivity index (χ4v) is 3.94. The number of amides is 3. The van der Waals surface area contributed by atoms with Crippen molar-refractivity contribution < 1.29 is 9.59 Å². The Kier molecular flexibility index (Phi) is 4.24. The van der Waals surface area contributed by atoms with E-state index in [1.807, 2.05) is 18.6 Å². The van der Waals surface area contributed by atoms with Crippen LogP contribution in [0.2, 0.25) is 5.02 Å². The molecule has 1 aliphatic heterocycles. The smallest absolute Gasteiger partial charge is 0.319 e. The number of benzene rings is 1. The molecule has 0 bridgehead atoms. The summed E-state index contributed by atoms with van der Waals surface area (Å²) in [5.41, 5.74) is 1.12. The van der Waals surface area contributed by atoms with E-state index in [0.29, 0.717) is 16.3 Å². The normalized spacial score (nSPS) is 19.6. The van der Waals surface area contributed by atoms with Crippen LogP contribution < -0.4 is 5.32 Å². The number of halogens is 1. The van der Waals surface area contributed by atoms with E-state index in [0.717, 1.165) is 10.6 Å². The Morgan fingerprint density at radius 1 is 1.26 bits per heavy atom. The third kappa shape index (κ3) is 3.11. The first kappa shape index (κ1) is 17.7. The number of aryl methyl sites for hydroxylation is 1. The topological polar surface area (TPSA) is 80.1 Å². The van der Waals surface area contributed by atoms with Gasteiger partial charge in [-0.15, -0.1) is 11.3 Å².